The predicted octanol–water partition coefficient (Wildman–Crippen LogP) is 1.47. The van der Waals surface area contributed by atoms with Gasteiger partial charge >= 0.3 is 0 Å². The molecule has 1 aromatic rings. The fourth-order valence-electron chi connectivity index (χ4n) is 2.24. The summed E-state index contributed by atoms with van der Waals surface area (Å²) in [5.74, 6) is 1.47. The topological polar surface area (TPSA) is 79.9 Å². The predicted molar refractivity (Wildman–Crippen MR) is 70.9 cm³/mol. The Morgan fingerprint density at radius 1 is 1.37 bits per heavy atom. The Balaban J connectivity index is 1.91. The number of amides is 1. The molecule has 0 aliphatic carbocycles. The van der Waals surface area contributed by atoms with E-state index in [9.17, 15) is 4.79 Å². The third-order valence-electron chi connectivity index (χ3n) is 3.58. The van der Waals surface area contributed by atoms with Gasteiger partial charge in [0.1, 0.15) is 5.82 Å². The minimum atomic E-state index is -0.206. The van der Waals surface area contributed by atoms with Crippen LogP contribution in [0.5, 0.6) is 0 Å². The Bertz CT molecular complexity index is 424. The number of aromatic nitrogens is 3. The summed E-state index contributed by atoms with van der Waals surface area (Å²) in [6.07, 6.45) is 1.99. The SMILES string of the molecule is CC(C)c1nc(C(=O)NC(C)C2CCOCC2)n[nH]1. The number of aromatic amines is 1. The summed E-state index contributed by atoms with van der Waals surface area (Å²) in [6, 6.07) is 0.123. The molecule has 0 aromatic carbocycles. The van der Waals surface area contributed by atoms with E-state index in [0.717, 1.165) is 31.9 Å². The first-order chi connectivity index (χ1) is 9.08. The second-order valence-electron chi connectivity index (χ2n) is 5.41. The molecule has 2 rings (SSSR count). The molecule has 1 aromatic heterocycles. The average molecular weight is 266 g/mol. The molecule has 0 spiro atoms. The zero-order valence-corrected chi connectivity index (χ0v) is 11.8. The molecule has 1 saturated heterocycles. The zero-order chi connectivity index (χ0) is 13.8. The molecule has 1 atom stereocenters. The second-order valence-corrected chi connectivity index (χ2v) is 5.41. The van der Waals surface area contributed by atoms with Crippen LogP contribution in [0.15, 0.2) is 0 Å². The van der Waals surface area contributed by atoms with E-state index in [0.29, 0.717) is 5.92 Å². The van der Waals surface area contributed by atoms with Crippen LogP contribution in [-0.2, 0) is 4.74 Å². The third kappa shape index (κ3) is 3.53. The Labute approximate surface area is 113 Å². The van der Waals surface area contributed by atoms with Crippen LogP contribution < -0.4 is 5.32 Å². The molecule has 1 aliphatic heterocycles. The number of nitrogens with one attached hydrogen (secondary N) is 2. The zero-order valence-electron chi connectivity index (χ0n) is 11.8. The number of rotatable bonds is 4. The van der Waals surface area contributed by atoms with Crippen LogP contribution in [0, 0.1) is 5.92 Å². The normalized spacial score (nSPS) is 18.5. The Hall–Kier alpha value is -1.43. The minimum Gasteiger partial charge on any atom is -0.381 e. The van der Waals surface area contributed by atoms with Gasteiger partial charge in [0.25, 0.3) is 5.91 Å². The van der Waals surface area contributed by atoms with Crippen molar-refractivity contribution in [3.8, 4) is 0 Å². The van der Waals surface area contributed by atoms with E-state index in [1.54, 1.807) is 0 Å². The van der Waals surface area contributed by atoms with Crippen molar-refractivity contribution in [2.75, 3.05) is 13.2 Å². The molecule has 1 amide bonds. The van der Waals surface area contributed by atoms with Crippen molar-refractivity contribution >= 4 is 5.91 Å². The van der Waals surface area contributed by atoms with Crippen molar-refractivity contribution < 1.29 is 9.53 Å². The van der Waals surface area contributed by atoms with Gasteiger partial charge < -0.3 is 10.1 Å². The highest BCUT2D eigenvalue weighted by molar-refractivity contribution is 5.90. The first-order valence-electron chi connectivity index (χ1n) is 6.89. The molecule has 19 heavy (non-hydrogen) atoms. The summed E-state index contributed by atoms with van der Waals surface area (Å²) in [4.78, 5) is 16.3. The third-order valence-corrected chi connectivity index (χ3v) is 3.58. The van der Waals surface area contributed by atoms with Crippen molar-refractivity contribution in [3.63, 3.8) is 0 Å². The van der Waals surface area contributed by atoms with Gasteiger partial charge in [0.05, 0.1) is 0 Å². The van der Waals surface area contributed by atoms with E-state index < -0.39 is 0 Å². The average Bonchev–Trinajstić information content (AvgIpc) is 2.89. The van der Waals surface area contributed by atoms with Crippen molar-refractivity contribution in [1.82, 2.24) is 20.5 Å². The lowest BCUT2D eigenvalue weighted by atomic mass is 9.93. The molecule has 1 fully saturated rings. The lowest BCUT2D eigenvalue weighted by molar-refractivity contribution is 0.0537. The fourth-order valence-corrected chi connectivity index (χ4v) is 2.24. The van der Waals surface area contributed by atoms with Gasteiger partial charge in [-0.15, -0.1) is 5.10 Å². The highest BCUT2D eigenvalue weighted by Gasteiger charge is 2.23. The fraction of sp³-hybridized carbons (Fsp3) is 0.769. The van der Waals surface area contributed by atoms with Crippen molar-refractivity contribution in [3.05, 3.63) is 11.6 Å². The van der Waals surface area contributed by atoms with Gasteiger partial charge in [-0.05, 0) is 25.7 Å². The number of nitrogens with zero attached hydrogens (tertiary/aromatic N) is 2. The number of hydrogen-bond donors (Lipinski definition) is 2. The number of H-pyrrole nitrogens is 1. The maximum absolute atomic E-state index is 12.0. The maximum atomic E-state index is 12.0. The molecule has 2 N–H and O–H groups in total. The molecule has 0 bridgehead atoms. The second kappa shape index (κ2) is 6.14. The molecule has 0 radical (unpaired) electrons. The van der Waals surface area contributed by atoms with Gasteiger partial charge in [-0.3, -0.25) is 9.89 Å². The molecule has 6 nitrogen and oxygen atoms in total. The Morgan fingerprint density at radius 2 is 2.05 bits per heavy atom. The standard InChI is InChI=1S/C13H22N4O2/c1-8(2)11-15-12(17-16-11)13(18)14-9(3)10-4-6-19-7-5-10/h8-10H,4-7H2,1-3H3,(H,14,18)(H,15,16,17). The number of hydrogen-bond acceptors (Lipinski definition) is 4. The summed E-state index contributed by atoms with van der Waals surface area (Å²) in [6.45, 7) is 7.61. The van der Waals surface area contributed by atoms with Crippen LogP contribution in [0.2, 0.25) is 0 Å². The van der Waals surface area contributed by atoms with Gasteiger partial charge in [0.2, 0.25) is 5.82 Å². The Morgan fingerprint density at radius 3 is 2.63 bits per heavy atom. The van der Waals surface area contributed by atoms with Crippen LogP contribution in [0.4, 0.5) is 0 Å². The molecule has 0 saturated carbocycles. The quantitative estimate of drug-likeness (QED) is 0.865. The van der Waals surface area contributed by atoms with E-state index >= 15 is 0 Å². The van der Waals surface area contributed by atoms with E-state index in [-0.39, 0.29) is 23.7 Å². The van der Waals surface area contributed by atoms with Gasteiger partial charge in [-0.2, -0.15) is 0 Å². The van der Waals surface area contributed by atoms with E-state index in [1.807, 2.05) is 20.8 Å². The summed E-state index contributed by atoms with van der Waals surface area (Å²) >= 11 is 0. The molecule has 106 valence electrons. The minimum absolute atomic E-state index is 0.123. The first-order valence-corrected chi connectivity index (χ1v) is 6.89. The monoisotopic (exact) mass is 266 g/mol. The largest absolute Gasteiger partial charge is 0.381 e. The highest BCUT2D eigenvalue weighted by atomic mass is 16.5. The van der Waals surface area contributed by atoms with Crippen LogP contribution in [0.3, 0.4) is 0 Å². The van der Waals surface area contributed by atoms with E-state index in [2.05, 4.69) is 20.5 Å². The molecular formula is C13H22N4O2. The van der Waals surface area contributed by atoms with Crippen molar-refractivity contribution in [2.45, 2.75) is 45.6 Å². The lowest BCUT2D eigenvalue weighted by Crippen LogP contribution is -2.40. The van der Waals surface area contributed by atoms with E-state index in [4.69, 9.17) is 4.74 Å². The Kier molecular flexibility index (Phi) is 4.52. The van der Waals surface area contributed by atoms with Crippen LogP contribution in [-0.4, -0.2) is 40.3 Å². The van der Waals surface area contributed by atoms with Crippen molar-refractivity contribution in [2.24, 2.45) is 5.92 Å². The van der Waals surface area contributed by atoms with Gasteiger partial charge in [0.15, 0.2) is 0 Å². The van der Waals surface area contributed by atoms with Gasteiger partial charge in [-0.25, -0.2) is 4.98 Å². The summed E-state index contributed by atoms with van der Waals surface area (Å²) in [5.41, 5.74) is 0. The first kappa shape index (κ1) is 14.0. The highest BCUT2D eigenvalue weighted by Crippen LogP contribution is 2.18. The smallest absolute Gasteiger partial charge is 0.291 e. The van der Waals surface area contributed by atoms with Crippen LogP contribution >= 0.6 is 0 Å². The van der Waals surface area contributed by atoms with Crippen LogP contribution in [0.1, 0.15) is 56.0 Å². The number of carbonyl (C=O) groups excluding carboxylic acids is 1. The summed E-state index contributed by atoms with van der Waals surface area (Å²) in [7, 11) is 0. The molecule has 2 heterocycles. The van der Waals surface area contributed by atoms with Crippen LogP contribution in [0.25, 0.3) is 0 Å². The lowest BCUT2D eigenvalue weighted by Gasteiger charge is -2.27. The van der Waals surface area contributed by atoms with Gasteiger partial charge in [0, 0.05) is 25.2 Å². The van der Waals surface area contributed by atoms with Gasteiger partial charge in [-0.1, -0.05) is 13.8 Å². The summed E-state index contributed by atoms with van der Waals surface area (Å²) < 4.78 is 5.33. The molecule has 1 unspecified atom stereocenters. The van der Waals surface area contributed by atoms with Crippen molar-refractivity contribution in [1.29, 1.82) is 0 Å². The number of ether oxygens (including phenoxy) is 1. The number of carbonyl (C=O) groups is 1. The maximum Gasteiger partial charge on any atom is 0.291 e. The summed E-state index contributed by atoms with van der Waals surface area (Å²) in [5, 5.41) is 9.74. The molecular weight excluding hydrogens is 244 g/mol. The van der Waals surface area contributed by atoms with E-state index in [1.165, 1.54) is 0 Å². The molecule has 1 aliphatic rings. The molecule has 6 heteroatoms.